The maximum absolute atomic E-state index is 11.9. The fourth-order valence-electron chi connectivity index (χ4n) is 1.95. The fraction of sp³-hybridized carbons (Fsp3) is 0.533. The number of hydrogen-bond donors (Lipinski definition) is 1. The number of hydrogen-bond acceptors (Lipinski definition) is 3. The van der Waals surface area contributed by atoms with E-state index < -0.39 is 10.0 Å². The number of rotatable bonds is 5. The molecule has 1 aromatic carbocycles. The molecule has 5 nitrogen and oxygen atoms in total. The van der Waals surface area contributed by atoms with Crippen molar-refractivity contribution >= 4 is 21.6 Å². The molecule has 0 radical (unpaired) electrons. The predicted octanol–water partition coefficient (Wildman–Crippen LogP) is 1.89. The number of benzene rings is 1. The van der Waals surface area contributed by atoms with Gasteiger partial charge >= 0.3 is 0 Å². The second-order valence-corrected chi connectivity index (χ2v) is 8.02. The minimum Gasteiger partial charge on any atom is -0.355 e. The van der Waals surface area contributed by atoms with Gasteiger partial charge in [-0.1, -0.05) is 32.9 Å². The molecule has 0 saturated heterocycles. The van der Waals surface area contributed by atoms with Crippen LogP contribution in [0.2, 0.25) is 0 Å². The van der Waals surface area contributed by atoms with Crippen molar-refractivity contribution < 1.29 is 13.2 Å². The zero-order valence-electron chi connectivity index (χ0n) is 13.3. The Labute approximate surface area is 127 Å². The third kappa shape index (κ3) is 5.38. The molecule has 0 unspecified atom stereocenters. The molecule has 1 amide bonds. The summed E-state index contributed by atoms with van der Waals surface area (Å²) in [6, 6.07) is 7.47. The standard InChI is InChI=1S/C15H24N2O3S/c1-12(18)16-10-11-17(21(5,19)20)14-8-6-13(7-9-14)15(2,3)4/h6-9H,10-11H2,1-5H3,(H,16,18). The minimum atomic E-state index is -3.38. The highest BCUT2D eigenvalue weighted by molar-refractivity contribution is 7.92. The van der Waals surface area contributed by atoms with E-state index in [-0.39, 0.29) is 24.4 Å². The SMILES string of the molecule is CC(=O)NCCN(c1ccc(C(C)(C)C)cc1)S(C)(=O)=O. The first kappa shape index (κ1) is 17.5. The molecule has 0 aliphatic rings. The van der Waals surface area contributed by atoms with Crippen LogP contribution in [0.3, 0.4) is 0 Å². The van der Waals surface area contributed by atoms with Gasteiger partial charge in [-0.05, 0) is 23.1 Å². The van der Waals surface area contributed by atoms with Gasteiger partial charge in [0.05, 0.1) is 18.5 Å². The maximum Gasteiger partial charge on any atom is 0.232 e. The van der Waals surface area contributed by atoms with Crippen molar-refractivity contribution in [1.82, 2.24) is 5.32 Å². The van der Waals surface area contributed by atoms with E-state index in [1.54, 1.807) is 12.1 Å². The van der Waals surface area contributed by atoms with Crippen molar-refractivity contribution in [2.24, 2.45) is 0 Å². The number of carbonyl (C=O) groups is 1. The van der Waals surface area contributed by atoms with Crippen LogP contribution in [-0.4, -0.2) is 33.7 Å². The molecule has 0 aliphatic carbocycles. The van der Waals surface area contributed by atoms with Gasteiger partial charge in [0, 0.05) is 13.5 Å². The molecule has 1 N–H and O–H groups in total. The topological polar surface area (TPSA) is 66.5 Å². The highest BCUT2D eigenvalue weighted by Crippen LogP contribution is 2.25. The molecule has 0 aliphatic heterocycles. The number of anilines is 1. The molecule has 118 valence electrons. The monoisotopic (exact) mass is 312 g/mol. The number of sulfonamides is 1. The molecule has 0 aromatic heterocycles. The number of amides is 1. The van der Waals surface area contributed by atoms with Crippen molar-refractivity contribution in [2.45, 2.75) is 33.1 Å². The van der Waals surface area contributed by atoms with E-state index in [1.165, 1.54) is 17.5 Å². The maximum atomic E-state index is 11.9. The largest absolute Gasteiger partial charge is 0.355 e. The molecular formula is C15H24N2O3S. The number of nitrogens with zero attached hydrogens (tertiary/aromatic N) is 1. The van der Waals surface area contributed by atoms with Crippen molar-refractivity contribution in [3.8, 4) is 0 Å². The van der Waals surface area contributed by atoms with Gasteiger partial charge in [-0.15, -0.1) is 0 Å². The Morgan fingerprint density at radius 3 is 2.10 bits per heavy atom. The smallest absolute Gasteiger partial charge is 0.232 e. The summed E-state index contributed by atoms with van der Waals surface area (Å²) in [6.07, 6.45) is 1.17. The average molecular weight is 312 g/mol. The van der Waals surface area contributed by atoms with Crippen LogP contribution in [0.5, 0.6) is 0 Å². The summed E-state index contributed by atoms with van der Waals surface area (Å²) < 4.78 is 25.1. The van der Waals surface area contributed by atoms with Crippen LogP contribution in [0.1, 0.15) is 33.3 Å². The molecule has 0 saturated carbocycles. The van der Waals surface area contributed by atoms with Crippen molar-refractivity contribution in [1.29, 1.82) is 0 Å². The van der Waals surface area contributed by atoms with Crippen LogP contribution in [0, 0.1) is 0 Å². The third-order valence-electron chi connectivity index (χ3n) is 3.11. The Kier molecular flexibility index (Phi) is 5.39. The first-order valence-electron chi connectivity index (χ1n) is 6.84. The molecule has 0 atom stereocenters. The lowest BCUT2D eigenvalue weighted by molar-refractivity contribution is -0.118. The zero-order chi connectivity index (χ0) is 16.3. The van der Waals surface area contributed by atoms with E-state index in [0.717, 1.165) is 5.56 Å². The summed E-state index contributed by atoms with van der Waals surface area (Å²) in [7, 11) is -3.38. The van der Waals surface area contributed by atoms with E-state index in [1.807, 2.05) is 12.1 Å². The van der Waals surface area contributed by atoms with Crippen molar-refractivity contribution in [2.75, 3.05) is 23.7 Å². The Bertz CT molecular complexity index is 586. The summed E-state index contributed by atoms with van der Waals surface area (Å²) in [4.78, 5) is 10.9. The molecule has 0 spiro atoms. The van der Waals surface area contributed by atoms with Gasteiger partial charge in [-0.3, -0.25) is 9.10 Å². The molecular weight excluding hydrogens is 288 g/mol. The first-order valence-corrected chi connectivity index (χ1v) is 8.69. The highest BCUT2D eigenvalue weighted by Gasteiger charge is 2.19. The highest BCUT2D eigenvalue weighted by atomic mass is 32.2. The Hall–Kier alpha value is -1.56. The van der Waals surface area contributed by atoms with Gasteiger partial charge in [-0.2, -0.15) is 0 Å². The third-order valence-corrected chi connectivity index (χ3v) is 4.30. The van der Waals surface area contributed by atoms with E-state index >= 15 is 0 Å². The second kappa shape index (κ2) is 6.47. The average Bonchev–Trinajstić information content (AvgIpc) is 2.32. The summed E-state index contributed by atoms with van der Waals surface area (Å²) in [5.74, 6) is -0.175. The van der Waals surface area contributed by atoms with Crippen LogP contribution in [-0.2, 0) is 20.2 Å². The Morgan fingerprint density at radius 2 is 1.71 bits per heavy atom. The number of nitrogens with one attached hydrogen (secondary N) is 1. The second-order valence-electron chi connectivity index (χ2n) is 6.11. The predicted molar refractivity (Wildman–Crippen MR) is 86.0 cm³/mol. The lowest BCUT2D eigenvalue weighted by atomic mass is 9.87. The van der Waals surface area contributed by atoms with E-state index in [0.29, 0.717) is 5.69 Å². The van der Waals surface area contributed by atoms with Crippen molar-refractivity contribution in [3.63, 3.8) is 0 Å². The normalized spacial score (nSPS) is 12.0. The van der Waals surface area contributed by atoms with Crippen LogP contribution >= 0.6 is 0 Å². The number of carbonyl (C=O) groups excluding carboxylic acids is 1. The Morgan fingerprint density at radius 1 is 1.19 bits per heavy atom. The van der Waals surface area contributed by atoms with Crippen LogP contribution in [0.4, 0.5) is 5.69 Å². The molecule has 0 bridgehead atoms. The first-order chi connectivity index (χ1) is 9.51. The molecule has 6 heteroatoms. The van der Waals surface area contributed by atoms with E-state index in [4.69, 9.17) is 0 Å². The Balaban J connectivity index is 2.97. The summed E-state index contributed by atoms with van der Waals surface area (Å²) in [5.41, 5.74) is 1.77. The fourth-order valence-corrected chi connectivity index (χ4v) is 2.88. The van der Waals surface area contributed by atoms with Gasteiger partial charge in [-0.25, -0.2) is 8.42 Å². The molecule has 0 fully saturated rings. The van der Waals surface area contributed by atoms with Crippen LogP contribution in [0.15, 0.2) is 24.3 Å². The van der Waals surface area contributed by atoms with Gasteiger partial charge in [0.2, 0.25) is 15.9 Å². The van der Waals surface area contributed by atoms with Gasteiger partial charge < -0.3 is 5.32 Å². The van der Waals surface area contributed by atoms with Crippen LogP contribution < -0.4 is 9.62 Å². The van der Waals surface area contributed by atoms with E-state index in [2.05, 4.69) is 26.1 Å². The van der Waals surface area contributed by atoms with Crippen molar-refractivity contribution in [3.05, 3.63) is 29.8 Å². The van der Waals surface area contributed by atoms with Gasteiger partial charge in [0.25, 0.3) is 0 Å². The molecule has 21 heavy (non-hydrogen) atoms. The molecule has 1 rings (SSSR count). The molecule has 0 heterocycles. The summed E-state index contributed by atoms with van der Waals surface area (Å²) in [6.45, 7) is 8.22. The van der Waals surface area contributed by atoms with Gasteiger partial charge in [0.1, 0.15) is 0 Å². The molecule has 1 aromatic rings. The minimum absolute atomic E-state index is 0.0185. The van der Waals surface area contributed by atoms with Crippen LogP contribution in [0.25, 0.3) is 0 Å². The van der Waals surface area contributed by atoms with E-state index in [9.17, 15) is 13.2 Å². The summed E-state index contributed by atoms with van der Waals surface area (Å²) >= 11 is 0. The zero-order valence-corrected chi connectivity index (χ0v) is 14.1. The van der Waals surface area contributed by atoms with Gasteiger partial charge in [0.15, 0.2) is 0 Å². The lowest BCUT2D eigenvalue weighted by Gasteiger charge is -2.24. The lowest BCUT2D eigenvalue weighted by Crippen LogP contribution is -2.37. The summed E-state index contributed by atoms with van der Waals surface area (Å²) in [5, 5.41) is 2.61. The quantitative estimate of drug-likeness (QED) is 0.903.